The smallest absolute Gasteiger partial charge is 0.255 e. The van der Waals surface area contributed by atoms with Crippen LogP contribution in [-0.2, 0) is 11.4 Å². The number of allylic oxidation sites excluding steroid dienone is 1. The number of fused-ring (bicyclic) bond motifs is 1. The number of nitrogens with zero attached hydrogens (tertiary/aromatic N) is 3. The molecule has 8 heteroatoms. The first kappa shape index (κ1) is 24.1. The average Bonchev–Trinajstić information content (AvgIpc) is 3.36. The summed E-state index contributed by atoms with van der Waals surface area (Å²) in [6.45, 7) is 6.69. The summed E-state index contributed by atoms with van der Waals surface area (Å²) in [7, 11) is 0. The molecule has 8 nitrogen and oxygen atoms in total. The molecule has 0 saturated carbocycles. The van der Waals surface area contributed by atoms with E-state index >= 15 is 0 Å². The number of carbonyl (C=O) groups excluding carboxylic acids is 1. The van der Waals surface area contributed by atoms with Crippen molar-refractivity contribution in [2.45, 2.75) is 33.4 Å². The molecule has 1 aromatic heterocycles. The van der Waals surface area contributed by atoms with Crippen LogP contribution in [0.15, 0.2) is 90.4 Å². The second-order valence-electron chi connectivity index (χ2n) is 8.83. The van der Waals surface area contributed by atoms with Gasteiger partial charge in [-0.25, -0.2) is 4.68 Å². The minimum atomic E-state index is -0.508. The number of aromatic nitrogens is 3. The standard InChI is InChI=1S/C29H29N5O3/c1-4-36-25-16-22(13-14-24(25)37-17-21-10-6-5-7-11-21)27-26(20(3)32-29-30-18-31-34(27)29)28(35)33-23-12-8-9-19(2)15-23/h5-16,18,27H,4,17H2,1-3H3,(H,33,35)(H,30,31,32). The van der Waals surface area contributed by atoms with Gasteiger partial charge in [-0.1, -0.05) is 48.5 Å². The Bertz CT molecular complexity index is 1440. The van der Waals surface area contributed by atoms with Crippen LogP contribution in [-0.4, -0.2) is 27.3 Å². The molecule has 5 rings (SSSR count). The van der Waals surface area contributed by atoms with Crippen LogP contribution in [0.1, 0.15) is 36.6 Å². The number of aryl methyl sites for hydroxylation is 1. The van der Waals surface area contributed by atoms with E-state index in [0.717, 1.165) is 22.4 Å². The van der Waals surface area contributed by atoms with E-state index in [-0.39, 0.29) is 5.91 Å². The first-order valence-corrected chi connectivity index (χ1v) is 12.2. The zero-order valence-electron chi connectivity index (χ0n) is 21.1. The normalized spacial score (nSPS) is 14.5. The van der Waals surface area contributed by atoms with Crippen molar-refractivity contribution in [3.8, 4) is 11.5 Å². The first-order valence-electron chi connectivity index (χ1n) is 12.2. The van der Waals surface area contributed by atoms with Crippen molar-refractivity contribution >= 4 is 17.5 Å². The molecular formula is C29H29N5O3. The summed E-state index contributed by atoms with van der Waals surface area (Å²) in [5.41, 5.74) is 4.93. The van der Waals surface area contributed by atoms with Gasteiger partial charge in [0.2, 0.25) is 5.95 Å². The summed E-state index contributed by atoms with van der Waals surface area (Å²) in [6, 6.07) is 22.9. The van der Waals surface area contributed by atoms with Gasteiger partial charge in [0.05, 0.1) is 12.2 Å². The van der Waals surface area contributed by atoms with Crippen LogP contribution in [0.25, 0.3) is 0 Å². The summed E-state index contributed by atoms with van der Waals surface area (Å²) in [6.07, 6.45) is 1.48. The second-order valence-corrected chi connectivity index (χ2v) is 8.83. The van der Waals surface area contributed by atoms with E-state index in [4.69, 9.17) is 9.47 Å². The topological polar surface area (TPSA) is 90.3 Å². The molecule has 0 spiro atoms. The maximum absolute atomic E-state index is 13.6. The Labute approximate surface area is 216 Å². The SMILES string of the molecule is CCOc1cc(C2C(C(=O)Nc3cccc(C)c3)=C(C)Nc3ncnn32)ccc1OCc1ccccc1. The Morgan fingerprint density at radius 3 is 2.62 bits per heavy atom. The van der Waals surface area contributed by atoms with Crippen LogP contribution in [0.5, 0.6) is 11.5 Å². The van der Waals surface area contributed by atoms with Gasteiger partial charge in [-0.05, 0) is 61.7 Å². The minimum Gasteiger partial charge on any atom is -0.490 e. The molecule has 2 N–H and O–H groups in total. The quantitative estimate of drug-likeness (QED) is 0.336. The van der Waals surface area contributed by atoms with Crippen molar-refractivity contribution in [3.63, 3.8) is 0 Å². The molecule has 4 aromatic rings. The zero-order valence-corrected chi connectivity index (χ0v) is 21.1. The van der Waals surface area contributed by atoms with Crippen molar-refractivity contribution in [2.75, 3.05) is 17.2 Å². The fourth-order valence-corrected chi connectivity index (χ4v) is 4.43. The molecule has 2 heterocycles. The fourth-order valence-electron chi connectivity index (χ4n) is 4.43. The number of carbonyl (C=O) groups is 1. The average molecular weight is 496 g/mol. The maximum Gasteiger partial charge on any atom is 0.255 e. The van der Waals surface area contributed by atoms with Gasteiger partial charge in [-0.15, -0.1) is 0 Å². The molecule has 1 aliphatic rings. The zero-order chi connectivity index (χ0) is 25.8. The van der Waals surface area contributed by atoms with Crippen LogP contribution in [0.4, 0.5) is 11.6 Å². The summed E-state index contributed by atoms with van der Waals surface area (Å²) in [5, 5.41) is 10.7. The Kier molecular flexibility index (Phi) is 6.89. The Hall–Kier alpha value is -4.59. The lowest BCUT2D eigenvalue weighted by atomic mass is 9.94. The minimum absolute atomic E-state index is 0.218. The summed E-state index contributed by atoms with van der Waals surface area (Å²) >= 11 is 0. The van der Waals surface area contributed by atoms with Crippen LogP contribution >= 0.6 is 0 Å². The number of benzene rings is 3. The molecule has 37 heavy (non-hydrogen) atoms. The Balaban J connectivity index is 1.50. The van der Waals surface area contributed by atoms with E-state index in [1.165, 1.54) is 6.33 Å². The summed E-state index contributed by atoms with van der Waals surface area (Å²) in [4.78, 5) is 17.9. The maximum atomic E-state index is 13.6. The van der Waals surface area contributed by atoms with Crippen molar-refractivity contribution in [3.05, 3.63) is 107 Å². The van der Waals surface area contributed by atoms with Crippen LogP contribution < -0.4 is 20.1 Å². The predicted octanol–water partition coefficient (Wildman–Crippen LogP) is 5.49. The molecule has 0 bridgehead atoms. The van der Waals surface area contributed by atoms with Gasteiger partial charge < -0.3 is 20.1 Å². The van der Waals surface area contributed by atoms with Crippen LogP contribution in [0.2, 0.25) is 0 Å². The molecule has 0 saturated heterocycles. The number of amides is 1. The third kappa shape index (κ3) is 5.18. The third-order valence-corrected chi connectivity index (χ3v) is 6.14. The van der Waals surface area contributed by atoms with Crippen molar-refractivity contribution in [2.24, 2.45) is 0 Å². The lowest BCUT2D eigenvalue weighted by Gasteiger charge is -2.29. The highest BCUT2D eigenvalue weighted by Crippen LogP contribution is 2.39. The second kappa shape index (κ2) is 10.6. The molecule has 3 aromatic carbocycles. The van der Waals surface area contributed by atoms with E-state index < -0.39 is 6.04 Å². The number of rotatable bonds is 8. The van der Waals surface area contributed by atoms with Crippen LogP contribution in [0, 0.1) is 6.92 Å². The number of anilines is 2. The van der Waals surface area contributed by atoms with Gasteiger partial charge in [0.1, 0.15) is 19.0 Å². The monoisotopic (exact) mass is 495 g/mol. The van der Waals surface area contributed by atoms with E-state index in [1.807, 2.05) is 93.6 Å². The predicted molar refractivity (Wildman–Crippen MR) is 143 cm³/mol. The van der Waals surface area contributed by atoms with Crippen molar-refractivity contribution in [1.29, 1.82) is 0 Å². The van der Waals surface area contributed by atoms with Gasteiger partial charge in [-0.2, -0.15) is 10.1 Å². The molecule has 1 atom stereocenters. The summed E-state index contributed by atoms with van der Waals surface area (Å²) < 4.78 is 13.8. The molecular weight excluding hydrogens is 466 g/mol. The number of nitrogens with one attached hydrogen (secondary N) is 2. The van der Waals surface area contributed by atoms with E-state index in [0.29, 0.717) is 41.9 Å². The van der Waals surface area contributed by atoms with Gasteiger partial charge in [0.15, 0.2) is 11.5 Å². The van der Waals surface area contributed by atoms with E-state index in [9.17, 15) is 4.79 Å². The van der Waals surface area contributed by atoms with E-state index in [2.05, 4.69) is 20.7 Å². The lowest BCUT2D eigenvalue weighted by Crippen LogP contribution is -2.31. The Morgan fingerprint density at radius 1 is 1.00 bits per heavy atom. The summed E-state index contributed by atoms with van der Waals surface area (Å²) in [5.74, 6) is 1.59. The van der Waals surface area contributed by atoms with Gasteiger partial charge in [-0.3, -0.25) is 4.79 Å². The highest BCUT2D eigenvalue weighted by molar-refractivity contribution is 6.06. The first-order chi connectivity index (χ1) is 18.0. The molecule has 188 valence electrons. The van der Waals surface area contributed by atoms with Gasteiger partial charge in [0, 0.05) is 11.4 Å². The molecule has 0 aliphatic carbocycles. The number of ether oxygens (including phenoxy) is 2. The Morgan fingerprint density at radius 2 is 1.84 bits per heavy atom. The van der Waals surface area contributed by atoms with Gasteiger partial charge in [0.25, 0.3) is 5.91 Å². The van der Waals surface area contributed by atoms with Gasteiger partial charge >= 0.3 is 0 Å². The highest BCUT2D eigenvalue weighted by atomic mass is 16.5. The largest absolute Gasteiger partial charge is 0.490 e. The van der Waals surface area contributed by atoms with E-state index in [1.54, 1.807) is 4.68 Å². The molecule has 1 aliphatic heterocycles. The highest BCUT2D eigenvalue weighted by Gasteiger charge is 2.34. The molecule has 0 fully saturated rings. The lowest BCUT2D eigenvalue weighted by molar-refractivity contribution is -0.113. The number of hydrogen-bond acceptors (Lipinski definition) is 6. The number of hydrogen-bond donors (Lipinski definition) is 2. The fraction of sp³-hybridized carbons (Fsp3) is 0.207. The molecule has 1 unspecified atom stereocenters. The molecule has 0 radical (unpaired) electrons. The molecule has 1 amide bonds. The third-order valence-electron chi connectivity index (χ3n) is 6.14. The van der Waals surface area contributed by atoms with Crippen molar-refractivity contribution < 1.29 is 14.3 Å². The van der Waals surface area contributed by atoms with Crippen LogP contribution in [0.3, 0.4) is 0 Å². The van der Waals surface area contributed by atoms with Crippen molar-refractivity contribution in [1.82, 2.24) is 14.8 Å².